The molecule has 1 aliphatic heterocycles. The van der Waals surface area contributed by atoms with Crippen LogP contribution in [0.3, 0.4) is 0 Å². The summed E-state index contributed by atoms with van der Waals surface area (Å²) in [5.41, 5.74) is 2.46. The zero-order valence-electron chi connectivity index (χ0n) is 10.6. The van der Waals surface area contributed by atoms with Crippen molar-refractivity contribution in [3.05, 3.63) is 17.1 Å². The average Bonchev–Trinajstić information content (AvgIpc) is 2.70. The van der Waals surface area contributed by atoms with Gasteiger partial charge in [-0.3, -0.25) is 0 Å². The number of fused-ring (bicyclic) bond motifs is 1. The molecule has 2 aliphatic rings. The van der Waals surface area contributed by atoms with Crippen LogP contribution in [0.25, 0.3) is 0 Å². The number of aromatic nitrogens is 2. The lowest BCUT2D eigenvalue weighted by Gasteiger charge is -2.28. The molecule has 1 aliphatic carbocycles. The third-order valence-corrected chi connectivity index (χ3v) is 3.67. The maximum atomic E-state index is 4.70. The standard InChI is InChI=1S/C13H20N4/c1-8(2)12-16-11-7-14-6-10(11)13(17-12)15-9-4-3-5-9/h8-9,14H,3-7H2,1-2H3,(H,15,16,17). The zero-order chi connectivity index (χ0) is 11.8. The summed E-state index contributed by atoms with van der Waals surface area (Å²) in [4.78, 5) is 9.35. The van der Waals surface area contributed by atoms with Crippen molar-refractivity contribution in [2.45, 2.75) is 58.2 Å². The first-order valence-electron chi connectivity index (χ1n) is 6.61. The number of hydrogen-bond donors (Lipinski definition) is 2. The Hall–Kier alpha value is -1.16. The van der Waals surface area contributed by atoms with Gasteiger partial charge in [-0.05, 0) is 19.3 Å². The van der Waals surface area contributed by atoms with Crippen molar-refractivity contribution in [3.8, 4) is 0 Å². The van der Waals surface area contributed by atoms with Crippen LogP contribution in [0.5, 0.6) is 0 Å². The lowest BCUT2D eigenvalue weighted by atomic mass is 9.93. The second kappa shape index (κ2) is 4.26. The first-order valence-corrected chi connectivity index (χ1v) is 6.61. The normalized spacial score (nSPS) is 19.2. The molecule has 4 heteroatoms. The van der Waals surface area contributed by atoms with Gasteiger partial charge in [-0.25, -0.2) is 9.97 Å². The van der Waals surface area contributed by atoms with E-state index in [4.69, 9.17) is 4.98 Å². The maximum absolute atomic E-state index is 4.70. The Morgan fingerprint density at radius 1 is 1.24 bits per heavy atom. The van der Waals surface area contributed by atoms with Crippen molar-refractivity contribution in [2.24, 2.45) is 0 Å². The van der Waals surface area contributed by atoms with Gasteiger partial charge in [0.15, 0.2) is 0 Å². The SMILES string of the molecule is CC(C)c1nc2c(c(NC3CCC3)n1)CNC2. The van der Waals surface area contributed by atoms with E-state index >= 15 is 0 Å². The third kappa shape index (κ3) is 2.02. The monoisotopic (exact) mass is 232 g/mol. The van der Waals surface area contributed by atoms with Gasteiger partial charge >= 0.3 is 0 Å². The molecule has 1 fully saturated rings. The van der Waals surface area contributed by atoms with Crippen LogP contribution < -0.4 is 10.6 Å². The van der Waals surface area contributed by atoms with E-state index in [0.717, 1.165) is 24.7 Å². The molecule has 0 aromatic carbocycles. The van der Waals surface area contributed by atoms with Crippen molar-refractivity contribution in [3.63, 3.8) is 0 Å². The summed E-state index contributed by atoms with van der Waals surface area (Å²) in [7, 11) is 0. The largest absolute Gasteiger partial charge is 0.367 e. The van der Waals surface area contributed by atoms with E-state index in [0.29, 0.717) is 12.0 Å². The van der Waals surface area contributed by atoms with E-state index in [1.54, 1.807) is 0 Å². The van der Waals surface area contributed by atoms with Crippen molar-refractivity contribution in [1.29, 1.82) is 0 Å². The Kier molecular flexibility index (Phi) is 2.74. The second-order valence-corrected chi connectivity index (χ2v) is 5.39. The van der Waals surface area contributed by atoms with E-state index in [1.165, 1.54) is 30.5 Å². The summed E-state index contributed by atoms with van der Waals surface area (Å²) >= 11 is 0. The predicted molar refractivity (Wildman–Crippen MR) is 67.9 cm³/mol. The highest BCUT2D eigenvalue weighted by Gasteiger charge is 2.24. The van der Waals surface area contributed by atoms with Crippen molar-refractivity contribution in [1.82, 2.24) is 15.3 Å². The van der Waals surface area contributed by atoms with E-state index in [-0.39, 0.29) is 0 Å². The highest BCUT2D eigenvalue weighted by Crippen LogP contribution is 2.28. The van der Waals surface area contributed by atoms with Gasteiger partial charge in [0.05, 0.1) is 5.69 Å². The molecule has 0 amide bonds. The molecule has 17 heavy (non-hydrogen) atoms. The fraction of sp³-hybridized carbons (Fsp3) is 0.692. The molecular formula is C13H20N4. The van der Waals surface area contributed by atoms with Crippen molar-refractivity contribution >= 4 is 5.82 Å². The molecule has 0 saturated heterocycles. The molecule has 1 aromatic rings. The van der Waals surface area contributed by atoms with Crippen LogP contribution in [0, 0.1) is 0 Å². The number of hydrogen-bond acceptors (Lipinski definition) is 4. The molecule has 1 saturated carbocycles. The van der Waals surface area contributed by atoms with Crippen LogP contribution in [0.1, 0.15) is 56.1 Å². The van der Waals surface area contributed by atoms with Gasteiger partial charge in [-0.1, -0.05) is 13.8 Å². The van der Waals surface area contributed by atoms with Gasteiger partial charge in [0.2, 0.25) is 0 Å². The summed E-state index contributed by atoms with van der Waals surface area (Å²) in [5.74, 6) is 2.44. The molecule has 0 bridgehead atoms. The molecule has 0 spiro atoms. The topological polar surface area (TPSA) is 49.8 Å². The minimum Gasteiger partial charge on any atom is -0.367 e. The Morgan fingerprint density at radius 2 is 2.06 bits per heavy atom. The average molecular weight is 232 g/mol. The fourth-order valence-corrected chi connectivity index (χ4v) is 2.31. The van der Waals surface area contributed by atoms with Crippen LogP contribution in [0.4, 0.5) is 5.82 Å². The molecule has 0 radical (unpaired) electrons. The van der Waals surface area contributed by atoms with Gasteiger partial charge in [0.25, 0.3) is 0 Å². The second-order valence-electron chi connectivity index (χ2n) is 5.39. The first kappa shape index (κ1) is 11.0. The van der Waals surface area contributed by atoms with E-state index < -0.39 is 0 Å². The molecule has 1 aromatic heterocycles. The summed E-state index contributed by atoms with van der Waals surface area (Å²) in [6.45, 7) is 6.09. The van der Waals surface area contributed by atoms with Crippen molar-refractivity contribution < 1.29 is 0 Å². The van der Waals surface area contributed by atoms with E-state index in [9.17, 15) is 0 Å². The Bertz CT molecular complexity index is 424. The Morgan fingerprint density at radius 3 is 2.71 bits per heavy atom. The summed E-state index contributed by atoms with van der Waals surface area (Å²) < 4.78 is 0. The molecule has 0 unspecified atom stereocenters. The lowest BCUT2D eigenvalue weighted by molar-refractivity contribution is 0.443. The molecule has 4 nitrogen and oxygen atoms in total. The first-order chi connectivity index (χ1) is 8.24. The van der Waals surface area contributed by atoms with Crippen molar-refractivity contribution in [2.75, 3.05) is 5.32 Å². The third-order valence-electron chi connectivity index (χ3n) is 3.67. The summed E-state index contributed by atoms with van der Waals surface area (Å²) in [6, 6.07) is 0.634. The highest BCUT2D eigenvalue weighted by atomic mass is 15.1. The Balaban J connectivity index is 1.93. The van der Waals surface area contributed by atoms with Crippen LogP contribution in [0.2, 0.25) is 0 Å². The Labute approximate surface area is 102 Å². The predicted octanol–water partition coefficient (Wildman–Crippen LogP) is 2.17. The van der Waals surface area contributed by atoms with Gasteiger partial charge in [-0.2, -0.15) is 0 Å². The highest BCUT2D eigenvalue weighted by molar-refractivity contribution is 5.49. The number of nitrogens with zero attached hydrogens (tertiary/aromatic N) is 2. The van der Waals surface area contributed by atoms with Gasteiger partial charge < -0.3 is 10.6 Å². The molecule has 92 valence electrons. The summed E-state index contributed by atoms with van der Waals surface area (Å²) in [5, 5.41) is 6.94. The van der Waals surface area contributed by atoms with Gasteiger partial charge in [-0.15, -0.1) is 0 Å². The smallest absolute Gasteiger partial charge is 0.134 e. The number of rotatable bonds is 3. The quantitative estimate of drug-likeness (QED) is 0.838. The molecule has 0 atom stereocenters. The van der Waals surface area contributed by atoms with Gasteiger partial charge in [0.1, 0.15) is 11.6 Å². The van der Waals surface area contributed by atoms with E-state index in [2.05, 4.69) is 29.5 Å². The van der Waals surface area contributed by atoms with Crippen LogP contribution in [-0.2, 0) is 13.1 Å². The van der Waals surface area contributed by atoms with Crippen LogP contribution in [-0.4, -0.2) is 16.0 Å². The number of anilines is 1. The number of nitrogens with one attached hydrogen (secondary N) is 2. The zero-order valence-corrected chi connectivity index (χ0v) is 10.6. The lowest BCUT2D eigenvalue weighted by Crippen LogP contribution is -2.28. The molecule has 3 rings (SSSR count). The molecule has 2 heterocycles. The van der Waals surface area contributed by atoms with Crippen LogP contribution in [0.15, 0.2) is 0 Å². The maximum Gasteiger partial charge on any atom is 0.134 e. The van der Waals surface area contributed by atoms with E-state index in [1.807, 2.05) is 0 Å². The van der Waals surface area contributed by atoms with Crippen LogP contribution >= 0.6 is 0 Å². The summed E-state index contributed by atoms with van der Waals surface area (Å²) in [6.07, 6.45) is 3.91. The van der Waals surface area contributed by atoms with Gasteiger partial charge in [0, 0.05) is 30.6 Å². The minimum atomic E-state index is 0.392. The fourth-order valence-electron chi connectivity index (χ4n) is 2.31. The minimum absolute atomic E-state index is 0.392. The molecular weight excluding hydrogens is 212 g/mol. The molecule has 2 N–H and O–H groups in total.